The van der Waals surface area contributed by atoms with Crippen LogP contribution in [0.4, 0.5) is 15.8 Å². The van der Waals surface area contributed by atoms with Gasteiger partial charge in [-0.1, -0.05) is 12.1 Å². The zero-order valence-electron chi connectivity index (χ0n) is 19.5. The minimum Gasteiger partial charge on any atom is -0.322 e. The third-order valence-corrected chi connectivity index (χ3v) is 6.06. The number of aromatic amines is 1. The summed E-state index contributed by atoms with van der Waals surface area (Å²) in [6.07, 6.45) is 1.50. The number of hydrogen-bond donors (Lipinski definition) is 2. The van der Waals surface area contributed by atoms with Crippen molar-refractivity contribution in [3.05, 3.63) is 111 Å². The summed E-state index contributed by atoms with van der Waals surface area (Å²) >= 11 is 0. The molecule has 0 spiro atoms. The molecule has 0 radical (unpaired) electrons. The van der Waals surface area contributed by atoms with Gasteiger partial charge in [0, 0.05) is 46.4 Å². The average Bonchev–Trinajstić information content (AvgIpc) is 2.87. The largest absolute Gasteiger partial charge is 0.322 e. The highest BCUT2D eigenvalue weighted by Gasteiger charge is 2.24. The van der Waals surface area contributed by atoms with Crippen LogP contribution >= 0.6 is 0 Å². The van der Waals surface area contributed by atoms with Crippen molar-refractivity contribution in [1.29, 1.82) is 0 Å². The molecule has 7 nitrogen and oxygen atoms in total. The lowest BCUT2D eigenvalue weighted by Crippen LogP contribution is -2.35. The van der Waals surface area contributed by atoms with Crippen LogP contribution in [0, 0.1) is 12.7 Å². The third kappa shape index (κ3) is 4.79. The maximum Gasteiger partial charge on any atom is 0.258 e. The minimum atomic E-state index is -0.393. The molecule has 0 aliphatic carbocycles. The normalized spacial score (nSPS) is 12.7. The number of nitrogens with zero attached hydrogens (tertiary/aromatic N) is 2. The van der Waals surface area contributed by atoms with Gasteiger partial charge in [0.2, 0.25) is 0 Å². The Hall–Kier alpha value is -4.59. The lowest BCUT2D eigenvalue weighted by atomic mass is 9.98. The first-order chi connectivity index (χ1) is 17.4. The Kier molecular flexibility index (Phi) is 6.16. The minimum absolute atomic E-state index is 0.201. The number of amides is 2. The summed E-state index contributed by atoms with van der Waals surface area (Å²) in [5.41, 5.74) is 4.13. The van der Waals surface area contributed by atoms with Gasteiger partial charge in [0.05, 0.1) is 0 Å². The number of H-pyrrole nitrogens is 1. The summed E-state index contributed by atoms with van der Waals surface area (Å²) in [4.78, 5) is 46.6. The molecule has 2 heterocycles. The van der Waals surface area contributed by atoms with Crippen molar-refractivity contribution >= 4 is 23.2 Å². The van der Waals surface area contributed by atoms with Crippen molar-refractivity contribution in [3.63, 3.8) is 0 Å². The number of fused-ring (bicyclic) bond motifs is 1. The van der Waals surface area contributed by atoms with Crippen LogP contribution < -0.4 is 15.8 Å². The molecular weight excluding hydrogens is 459 g/mol. The molecule has 0 saturated carbocycles. The topological polar surface area (TPSA) is 95.2 Å². The molecule has 0 bridgehead atoms. The van der Waals surface area contributed by atoms with Crippen LogP contribution in [-0.2, 0) is 6.42 Å². The van der Waals surface area contributed by atoms with Gasteiger partial charge in [-0.25, -0.2) is 9.37 Å². The molecule has 1 aromatic heterocycles. The molecular formula is C28H23FN4O3. The van der Waals surface area contributed by atoms with E-state index in [9.17, 15) is 18.8 Å². The van der Waals surface area contributed by atoms with Crippen LogP contribution in [0.1, 0.15) is 38.4 Å². The van der Waals surface area contributed by atoms with Crippen molar-refractivity contribution in [2.45, 2.75) is 19.8 Å². The fraction of sp³-hybridized carbons (Fsp3) is 0.143. The van der Waals surface area contributed by atoms with Crippen LogP contribution in [0.5, 0.6) is 0 Å². The van der Waals surface area contributed by atoms with Gasteiger partial charge in [-0.05, 0) is 79.9 Å². The zero-order chi connectivity index (χ0) is 25.2. The zero-order valence-corrected chi connectivity index (χ0v) is 19.5. The van der Waals surface area contributed by atoms with Crippen molar-refractivity contribution in [1.82, 2.24) is 9.97 Å². The van der Waals surface area contributed by atoms with E-state index in [1.807, 2.05) is 0 Å². The van der Waals surface area contributed by atoms with Crippen molar-refractivity contribution in [2.24, 2.45) is 0 Å². The molecule has 1 aliphatic heterocycles. The Morgan fingerprint density at radius 2 is 1.78 bits per heavy atom. The lowest BCUT2D eigenvalue weighted by molar-refractivity contribution is 0.0984. The molecule has 2 amide bonds. The Bertz CT molecular complexity index is 1530. The van der Waals surface area contributed by atoms with Gasteiger partial charge >= 0.3 is 0 Å². The van der Waals surface area contributed by atoms with Crippen LogP contribution in [0.25, 0.3) is 11.4 Å². The van der Waals surface area contributed by atoms with E-state index < -0.39 is 5.82 Å². The Balaban J connectivity index is 1.36. The first-order valence-corrected chi connectivity index (χ1v) is 11.6. The number of aromatic nitrogens is 2. The molecule has 8 heteroatoms. The molecule has 3 aromatic carbocycles. The standard InChI is InChI=1S/C28H23FN4O3/c1-17-14-25(34)32-26(30-17)20-4-2-6-23(16-20)31-27(35)21-9-12-24-19(15-21)5-3-13-33(24)28(36)18-7-10-22(29)11-8-18/h2,4,6-12,14-16H,3,5,13H2,1H3,(H,31,35)(H,30,32,34). The fourth-order valence-electron chi connectivity index (χ4n) is 4.36. The highest BCUT2D eigenvalue weighted by molar-refractivity contribution is 6.08. The average molecular weight is 483 g/mol. The van der Waals surface area contributed by atoms with Gasteiger partial charge in [0.25, 0.3) is 17.4 Å². The van der Waals surface area contributed by atoms with Crippen molar-refractivity contribution < 1.29 is 14.0 Å². The van der Waals surface area contributed by atoms with E-state index >= 15 is 0 Å². The molecule has 0 unspecified atom stereocenters. The van der Waals surface area contributed by atoms with Crippen LogP contribution in [0.15, 0.2) is 77.6 Å². The molecule has 180 valence electrons. The molecule has 0 fully saturated rings. The number of carbonyl (C=O) groups is 2. The van der Waals surface area contributed by atoms with Crippen LogP contribution in [0.3, 0.4) is 0 Å². The SMILES string of the molecule is Cc1cc(=O)[nH]c(-c2cccc(NC(=O)c3ccc4c(c3)CCCN4C(=O)c3ccc(F)cc3)c2)n1. The lowest BCUT2D eigenvalue weighted by Gasteiger charge is -2.30. The van der Waals surface area contributed by atoms with Crippen LogP contribution in [-0.4, -0.2) is 28.3 Å². The van der Waals surface area contributed by atoms with E-state index in [0.29, 0.717) is 40.4 Å². The van der Waals surface area contributed by atoms with E-state index in [1.165, 1.54) is 30.3 Å². The smallest absolute Gasteiger partial charge is 0.258 e. The van der Waals surface area contributed by atoms with Crippen LogP contribution in [0.2, 0.25) is 0 Å². The molecule has 36 heavy (non-hydrogen) atoms. The highest BCUT2D eigenvalue weighted by atomic mass is 19.1. The molecule has 5 rings (SSSR count). The predicted octanol–water partition coefficient (Wildman–Crippen LogP) is 4.73. The monoisotopic (exact) mass is 482 g/mol. The van der Waals surface area contributed by atoms with Crippen molar-refractivity contribution in [2.75, 3.05) is 16.8 Å². The number of halogens is 1. The van der Waals surface area contributed by atoms with Gasteiger partial charge in [0.15, 0.2) is 0 Å². The Morgan fingerprint density at radius 1 is 1.00 bits per heavy atom. The second-order valence-electron chi connectivity index (χ2n) is 8.68. The second kappa shape index (κ2) is 9.58. The predicted molar refractivity (Wildman–Crippen MR) is 136 cm³/mol. The van der Waals surface area contributed by atoms with E-state index in [0.717, 1.165) is 24.1 Å². The molecule has 1 aliphatic rings. The summed E-state index contributed by atoms with van der Waals surface area (Å²) < 4.78 is 13.3. The fourth-order valence-corrected chi connectivity index (χ4v) is 4.36. The number of aryl methyl sites for hydroxylation is 2. The number of benzene rings is 3. The summed E-state index contributed by atoms with van der Waals surface area (Å²) in [5.74, 6) is -0.457. The maximum atomic E-state index is 13.3. The maximum absolute atomic E-state index is 13.3. The molecule has 4 aromatic rings. The Labute approximate surface area is 206 Å². The summed E-state index contributed by atoms with van der Waals surface area (Å²) in [5, 5.41) is 2.89. The molecule has 2 N–H and O–H groups in total. The van der Waals surface area contributed by atoms with Gasteiger partial charge < -0.3 is 15.2 Å². The summed E-state index contributed by atoms with van der Waals surface area (Å²) in [6.45, 7) is 2.30. The first kappa shape index (κ1) is 23.2. The first-order valence-electron chi connectivity index (χ1n) is 11.6. The molecule has 0 atom stereocenters. The highest BCUT2D eigenvalue weighted by Crippen LogP contribution is 2.30. The van der Waals surface area contributed by atoms with E-state index in [1.54, 1.807) is 54.3 Å². The number of hydrogen-bond acceptors (Lipinski definition) is 4. The third-order valence-electron chi connectivity index (χ3n) is 6.06. The number of carbonyl (C=O) groups excluding carboxylic acids is 2. The molecule has 0 saturated heterocycles. The Morgan fingerprint density at radius 3 is 2.56 bits per heavy atom. The quantitative estimate of drug-likeness (QED) is 0.440. The number of anilines is 2. The van der Waals surface area contributed by atoms with Crippen molar-refractivity contribution in [3.8, 4) is 11.4 Å². The number of nitrogens with one attached hydrogen (secondary N) is 2. The second-order valence-corrected chi connectivity index (χ2v) is 8.68. The van der Waals surface area contributed by atoms with Gasteiger partial charge in [-0.3, -0.25) is 14.4 Å². The van der Waals surface area contributed by atoms with E-state index in [-0.39, 0.29) is 17.4 Å². The van der Waals surface area contributed by atoms with Gasteiger partial charge in [-0.15, -0.1) is 0 Å². The van der Waals surface area contributed by atoms with Gasteiger partial charge in [-0.2, -0.15) is 0 Å². The van der Waals surface area contributed by atoms with E-state index in [4.69, 9.17) is 0 Å². The summed E-state index contributed by atoms with van der Waals surface area (Å²) in [7, 11) is 0. The van der Waals surface area contributed by atoms with E-state index in [2.05, 4.69) is 15.3 Å². The van der Waals surface area contributed by atoms with Gasteiger partial charge in [0.1, 0.15) is 11.6 Å². The summed E-state index contributed by atoms with van der Waals surface area (Å²) in [6, 6.07) is 19.3. The number of rotatable bonds is 4.